The summed E-state index contributed by atoms with van der Waals surface area (Å²) in [5, 5.41) is 1.07. The Morgan fingerprint density at radius 2 is 1.95 bits per heavy atom. The third-order valence-electron chi connectivity index (χ3n) is 3.47. The topological polar surface area (TPSA) is 77.6 Å². The second kappa shape index (κ2) is 4.23. The zero-order valence-corrected chi connectivity index (χ0v) is 10.8. The van der Waals surface area contributed by atoms with Crippen molar-refractivity contribution >= 4 is 16.9 Å². The van der Waals surface area contributed by atoms with E-state index in [1.807, 2.05) is 30.3 Å². The van der Waals surface area contributed by atoms with E-state index < -0.39 is 0 Å². The first-order valence-electron chi connectivity index (χ1n) is 6.66. The molecule has 1 aliphatic rings. The summed E-state index contributed by atoms with van der Waals surface area (Å²) in [4.78, 5) is 17.3. The van der Waals surface area contributed by atoms with Crippen LogP contribution in [0.4, 0.5) is 5.95 Å². The van der Waals surface area contributed by atoms with E-state index in [1.165, 1.54) is 0 Å². The Morgan fingerprint density at radius 1 is 1.05 bits per heavy atom. The number of nitrogens with two attached hydrogens (primary N) is 1. The molecule has 4 rings (SSSR count). The maximum atomic E-state index is 5.80. The zero-order chi connectivity index (χ0) is 13.5. The summed E-state index contributed by atoms with van der Waals surface area (Å²) in [6.45, 7) is 0. The van der Waals surface area contributed by atoms with Crippen LogP contribution in [0, 0.1) is 0 Å². The fraction of sp³-hybridized carbons (Fsp3) is 0.200. The van der Waals surface area contributed by atoms with Gasteiger partial charge in [0, 0.05) is 23.1 Å². The number of rotatable bonds is 2. The molecule has 98 valence electrons. The molecule has 2 aromatic heterocycles. The SMILES string of the molecule is Nc1nc(-c2ccc3ncccc3c2)nc(C2CC2)n1. The monoisotopic (exact) mass is 263 g/mol. The molecule has 2 heterocycles. The third-order valence-corrected chi connectivity index (χ3v) is 3.47. The number of nitrogens with zero attached hydrogens (tertiary/aromatic N) is 4. The minimum atomic E-state index is 0.295. The lowest BCUT2D eigenvalue weighted by Gasteiger charge is -2.05. The van der Waals surface area contributed by atoms with E-state index in [9.17, 15) is 0 Å². The van der Waals surface area contributed by atoms with Gasteiger partial charge in [0.05, 0.1) is 5.52 Å². The van der Waals surface area contributed by atoms with Crippen LogP contribution in [0.15, 0.2) is 36.5 Å². The first-order chi connectivity index (χ1) is 9.79. The van der Waals surface area contributed by atoms with Gasteiger partial charge < -0.3 is 5.73 Å². The molecule has 0 saturated heterocycles. The molecule has 1 aliphatic carbocycles. The molecular formula is C15H13N5. The van der Waals surface area contributed by atoms with Gasteiger partial charge in [0.1, 0.15) is 5.82 Å². The van der Waals surface area contributed by atoms with Gasteiger partial charge in [-0.2, -0.15) is 9.97 Å². The predicted octanol–water partition coefficient (Wildman–Crippen LogP) is 2.55. The van der Waals surface area contributed by atoms with Crippen LogP contribution in [0.5, 0.6) is 0 Å². The van der Waals surface area contributed by atoms with Gasteiger partial charge in [-0.15, -0.1) is 0 Å². The van der Waals surface area contributed by atoms with Gasteiger partial charge in [-0.05, 0) is 37.1 Å². The number of benzene rings is 1. The molecule has 0 radical (unpaired) electrons. The first kappa shape index (κ1) is 11.3. The molecule has 0 bridgehead atoms. The molecule has 20 heavy (non-hydrogen) atoms. The predicted molar refractivity (Wildman–Crippen MR) is 77.0 cm³/mol. The number of aromatic nitrogens is 4. The Hall–Kier alpha value is -2.56. The van der Waals surface area contributed by atoms with E-state index in [2.05, 4.69) is 19.9 Å². The fourth-order valence-corrected chi connectivity index (χ4v) is 2.28. The van der Waals surface area contributed by atoms with Gasteiger partial charge in [0.2, 0.25) is 5.95 Å². The number of hydrogen-bond acceptors (Lipinski definition) is 5. The lowest BCUT2D eigenvalue weighted by molar-refractivity contribution is 0.902. The molecular weight excluding hydrogens is 250 g/mol. The average molecular weight is 263 g/mol. The van der Waals surface area contributed by atoms with E-state index in [0.717, 1.165) is 35.1 Å². The Bertz CT molecular complexity index is 795. The highest BCUT2D eigenvalue weighted by molar-refractivity contribution is 5.83. The molecule has 1 saturated carbocycles. The van der Waals surface area contributed by atoms with Crippen molar-refractivity contribution in [1.29, 1.82) is 0 Å². The van der Waals surface area contributed by atoms with Crippen molar-refractivity contribution in [2.24, 2.45) is 0 Å². The van der Waals surface area contributed by atoms with E-state index in [4.69, 9.17) is 5.73 Å². The van der Waals surface area contributed by atoms with E-state index in [1.54, 1.807) is 6.20 Å². The summed E-state index contributed by atoms with van der Waals surface area (Å²) < 4.78 is 0. The van der Waals surface area contributed by atoms with Crippen molar-refractivity contribution < 1.29 is 0 Å². The molecule has 0 aliphatic heterocycles. The van der Waals surface area contributed by atoms with Crippen LogP contribution in [0.25, 0.3) is 22.3 Å². The van der Waals surface area contributed by atoms with Gasteiger partial charge in [-0.3, -0.25) is 4.98 Å². The summed E-state index contributed by atoms with van der Waals surface area (Å²) in [5.41, 5.74) is 7.71. The van der Waals surface area contributed by atoms with Crippen molar-refractivity contribution in [2.75, 3.05) is 5.73 Å². The van der Waals surface area contributed by atoms with Crippen LogP contribution < -0.4 is 5.73 Å². The standard InChI is InChI=1S/C15H13N5/c16-15-19-13(9-3-4-9)18-14(20-15)11-5-6-12-10(8-11)2-1-7-17-12/h1-2,5-9H,3-4H2,(H2,16,18,19,20). The van der Waals surface area contributed by atoms with Crippen LogP contribution in [-0.4, -0.2) is 19.9 Å². The van der Waals surface area contributed by atoms with Crippen LogP contribution in [-0.2, 0) is 0 Å². The molecule has 0 unspecified atom stereocenters. The van der Waals surface area contributed by atoms with Gasteiger partial charge in [-0.1, -0.05) is 6.07 Å². The van der Waals surface area contributed by atoms with Gasteiger partial charge in [0.15, 0.2) is 5.82 Å². The first-order valence-corrected chi connectivity index (χ1v) is 6.66. The van der Waals surface area contributed by atoms with Crippen molar-refractivity contribution in [1.82, 2.24) is 19.9 Å². The van der Waals surface area contributed by atoms with Crippen LogP contribution in [0.2, 0.25) is 0 Å². The van der Waals surface area contributed by atoms with Crippen molar-refractivity contribution in [3.05, 3.63) is 42.4 Å². The highest BCUT2D eigenvalue weighted by Crippen LogP contribution is 2.38. The second-order valence-corrected chi connectivity index (χ2v) is 5.06. The average Bonchev–Trinajstić information content (AvgIpc) is 3.31. The molecule has 5 nitrogen and oxygen atoms in total. The molecule has 1 fully saturated rings. The van der Waals surface area contributed by atoms with Crippen LogP contribution in [0.3, 0.4) is 0 Å². The molecule has 1 aromatic carbocycles. The van der Waals surface area contributed by atoms with Gasteiger partial charge >= 0.3 is 0 Å². The number of fused-ring (bicyclic) bond motifs is 1. The Kier molecular flexibility index (Phi) is 2.39. The Morgan fingerprint density at radius 3 is 2.80 bits per heavy atom. The quantitative estimate of drug-likeness (QED) is 0.768. The third kappa shape index (κ3) is 1.97. The minimum absolute atomic E-state index is 0.295. The van der Waals surface area contributed by atoms with Crippen molar-refractivity contribution in [3.8, 4) is 11.4 Å². The summed E-state index contributed by atoms with van der Waals surface area (Å²) in [7, 11) is 0. The Labute approximate surface area is 115 Å². The lowest BCUT2D eigenvalue weighted by atomic mass is 10.1. The summed E-state index contributed by atoms with van der Waals surface area (Å²) in [6, 6.07) is 9.93. The van der Waals surface area contributed by atoms with Crippen LogP contribution >= 0.6 is 0 Å². The number of hydrogen-bond donors (Lipinski definition) is 1. The lowest BCUT2D eigenvalue weighted by Crippen LogP contribution is -2.04. The molecule has 0 amide bonds. The molecule has 0 spiro atoms. The van der Waals surface area contributed by atoms with E-state index in [-0.39, 0.29) is 0 Å². The summed E-state index contributed by atoms with van der Waals surface area (Å²) in [6.07, 6.45) is 4.07. The number of nitrogen functional groups attached to an aromatic ring is 1. The van der Waals surface area contributed by atoms with Gasteiger partial charge in [0.25, 0.3) is 0 Å². The summed E-state index contributed by atoms with van der Waals surface area (Å²) >= 11 is 0. The molecule has 0 atom stereocenters. The zero-order valence-electron chi connectivity index (χ0n) is 10.8. The minimum Gasteiger partial charge on any atom is -0.368 e. The van der Waals surface area contributed by atoms with E-state index in [0.29, 0.717) is 17.7 Å². The van der Waals surface area contributed by atoms with Crippen molar-refractivity contribution in [2.45, 2.75) is 18.8 Å². The summed E-state index contributed by atoms with van der Waals surface area (Å²) in [5.74, 6) is 2.22. The van der Waals surface area contributed by atoms with Crippen molar-refractivity contribution in [3.63, 3.8) is 0 Å². The molecule has 3 aromatic rings. The van der Waals surface area contributed by atoms with E-state index >= 15 is 0 Å². The second-order valence-electron chi connectivity index (χ2n) is 5.06. The van der Waals surface area contributed by atoms with Gasteiger partial charge in [-0.25, -0.2) is 4.98 Å². The smallest absolute Gasteiger partial charge is 0.223 e. The number of anilines is 1. The van der Waals surface area contributed by atoms with Crippen LogP contribution in [0.1, 0.15) is 24.6 Å². The normalized spacial score (nSPS) is 14.6. The molecule has 5 heteroatoms. The maximum Gasteiger partial charge on any atom is 0.223 e. The largest absolute Gasteiger partial charge is 0.368 e. The fourth-order valence-electron chi connectivity index (χ4n) is 2.28. The molecule has 2 N–H and O–H groups in total. The number of pyridine rings is 1. The highest BCUT2D eigenvalue weighted by atomic mass is 15.1. The highest BCUT2D eigenvalue weighted by Gasteiger charge is 2.27. The Balaban J connectivity index is 1.85. The maximum absolute atomic E-state index is 5.80.